The van der Waals surface area contributed by atoms with Crippen molar-refractivity contribution >= 4 is 17.2 Å². The predicted molar refractivity (Wildman–Crippen MR) is 98.6 cm³/mol. The number of aromatic nitrogens is 1. The Bertz CT molecular complexity index is 706. The molecule has 0 aromatic carbocycles. The van der Waals surface area contributed by atoms with Crippen LogP contribution in [0.25, 0.3) is 0 Å². The summed E-state index contributed by atoms with van der Waals surface area (Å²) in [5, 5.41) is 0. The van der Waals surface area contributed by atoms with Crippen LogP contribution >= 0.6 is 11.3 Å². The van der Waals surface area contributed by atoms with Crippen molar-refractivity contribution in [2.45, 2.75) is 57.4 Å². The van der Waals surface area contributed by atoms with Gasteiger partial charge in [-0.25, -0.2) is 0 Å². The lowest BCUT2D eigenvalue weighted by molar-refractivity contribution is 0.0679. The first-order valence-electron chi connectivity index (χ1n) is 9.28. The fourth-order valence-electron chi connectivity index (χ4n) is 4.22. The molecule has 3 nitrogen and oxygen atoms in total. The zero-order valence-corrected chi connectivity index (χ0v) is 15.3. The maximum Gasteiger partial charge on any atom is 0.264 e. The van der Waals surface area contributed by atoms with Crippen LogP contribution in [-0.4, -0.2) is 21.9 Å². The van der Waals surface area contributed by atoms with E-state index in [1.165, 1.54) is 41.8 Å². The maximum absolute atomic E-state index is 13.3. The van der Waals surface area contributed by atoms with Crippen LogP contribution in [0.4, 0.5) is 0 Å². The minimum atomic E-state index is 0.221. The number of thiophene rings is 1. The average Bonchev–Trinajstić information content (AvgIpc) is 3.13. The van der Waals surface area contributed by atoms with E-state index in [0.717, 1.165) is 37.1 Å². The van der Waals surface area contributed by atoms with Crippen molar-refractivity contribution in [3.63, 3.8) is 0 Å². The Labute approximate surface area is 148 Å². The third-order valence-electron chi connectivity index (χ3n) is 5.55. The molecular formula is C20H26N2OS. The monoisotopic (exact) mass is 342 g/mol. The van der Waals surface area contributed by atoms with Gasteiger partial charge in [0.25, 0.3) is 5.91 Å². The molecule has 1 unspecified atom stereocenters. The van der Waals surface area contributed by atoms with Crippen molar-refractivity contribution in [2.24, 2.45) is 7.05 Å². The summed E-state index contributed by atoms with van der Waals surface area (Å²) < 4.78 is 2.18. The van der Waals surface area contributed by atoms with E-state index in [1.54, 1.807) is 11.3 Å². The summed E-state index contributed by atoms with van der Waals surface area (Å²) in [7, 11) is 2.09. The topological polar surface area (TPSA) is 25.2 Å². The van der Waals surface area contributed by atoms with Crippen molar-refractivity contribution < 1.29 is 4.79 Å². The van der Waals surface area contributed by atoms with E-state index in [9.17, 15) is 4.79 Å². The highest BCUT2D eigenvalue weighted by molar-refractivity contribution is 7.14. The molecule has 128 valence electrons. The number of nitrogens with zero attached hydrogens (tertiary/aromatic N) is 2. The number of aryl methyl sites for hydroxylation is 3. The molecule has 3 heterocycles. The highest BCUT2D eigenvalue weighted by atomic mass is 32.1. The van der Waals surface area contributed by atoms with Gasteiger partial charge in [-0.3, -0.25) is 4.79 Å². The molecule has 1 fully saturated rings. The van der Waals surface area contributed by atoms with Crippen LogP contribution in [0, 0.1) is 0 Å². The number of carbonyl (C=O) groups excluding carboxylic acids is 1. The van der Waals surface area contributed by atoms with Crippen LogP contribution in [-0.2, 0) is 19.9 Å². The SMILES string of the molecule is Cn1cccc1C1CCCCCN1C(=O)c1cc2c(s1)CCCC2. The van der Waals surface area contributed by atoms with E-state index in [1.807, 2.05) is 0 Å². The number of amides is 1. The normalized spacial score (nSPS) is 21.4. The molecule has 4 heteroatoms. The largest absolute Gasteiger partial charge is 0.353 e. The van der Waals surface area contributed by atoms with Crippen LogP contribution in [0.2, 0.25) is 0 Å². The van der Waals surface area contributed by atoms with Crippen molar-refractivity contribution in [1.82, 2.24) is 9.47 Å². The van der Waals surface area contributed by atoms with Gasteiger partial charge < -0.3 is 9.47 Å². The Balaban J connectivity index is 1.65. The van der Waals surface area contributed by atoms with E-state index >= 15 is 0 Å². The van der Waals surface area contributed by atoms with Gasteiger partial charge in [-0.1, -0.05) is 12.8 Å². The number of hydrogen-bond acceptors (Lipinski definition) is 2. The maximum atomic E-state index is 13.3. The van der Waals surface area contributed by atoms with Gasteiger partial charge in [-0.2, -0.15) is 0 Å². The Kier molecular flexibility index (Phi) is 4.49. The Morgan fingerprint density at radius 1 is 1.17 bits per heavy atom. The van der Waals surface area contributed by atoms with Crippen molar-refractivity contribution in [1.29, 1.82) is 0 Å². The van der Waals surface area contributed by atoms with E-state index < -0.39 is 0 Å². The molecule has 1 atom stereocenters. The molecule has 1 saturated heterocycles. The fourth-order valence-corrected chi connectivity index (χ4v) is 5.43. The van der Waals surface area contributed by atoms with Gasteiger partial charge in [-0.05, 0) is 62.3 Å². The summed E-state index contributed by atoms with van der Waals surface area (Å²) in [6.07, 6.45) is 11.6. The van der Waals surface area contributed by atoms with E-state index in [-0.39, 0.29) is 11.9 Å². The van der Waals surface area contributed by atoms with Crippen LogP contribution in [0.3, 0.4) is 0 Å². The lowest BCUT2D eigenvalue weighted by Crippen LogP contribution is -2.35. The smallest absolute Gasteiger partial charge is 0.264 e. The van der Waals surface area contributed by atoms with Gasteiger partial charge in [0, 0.05) is 30.4 Å². The van der Waals surface area contributed by atoms with Gasteiger partial charge in [0.2, 0.25) is 0 Å². The highest BCUT2D eigenvalue weighted by Gasteiger charge is 2.30. The Morgan fingerprint density at radius 2 is 2.04 bits per heavy atom. The van der Waals surface area contributed by atoms with Gasteiger partial charge in [0.1, 0.15) is 0 Å². The number of fused-ring (bicyclic) bond motifs is 1. The number of likely N-dealkylation sites (tertiary alicyclic amines) is 1. The molecule has 0 spiro atoms. The summed E-state index contributed by atoms with van der Waals surface area (Å²) in [5.74, 6) is 0.252. The van der Waals surface area contributed by atoms with Crippen LogP contribution < -0.4 is 0 Å². The van der Waals surface area contributed by atoms with Crippen molar-refractivity contribution in [3.05, 3.63) is 45.4 Å². The van der Waals surface area contributed by atoms with Gasteiger partial charge >= 0.3 is 0 Å². The van der Waals surface area contributed by atoms with Crippen LogP contribution in [0.5, 0.6) is 0 Å². The minimum absolute atomic E-state index is 0.221. The predicted octanol–water partition coefficient (Wildman–Crippen LogP) is 4.72. The molecule has 1 amide bonds. The summed E-state index contributed by atoms with van der Waals surface area (Å²) in [6, 6.07) is 6.68. The quantitative estimate of drug-likeness (QED) is 0.775. The average molecular weight is 343 g/mol. The molecule has 1 aliphatic heterocycles. The first-order chi connectivity index (χ1) is 11.7. The molecular weight excluding hydrogens is 316 g/mol. The molecule has 2 aromatic heterocycles. The Hall–Kier alpha value is -1.55. The van der Waals surface area contributed by atoms with E-state index in [2.05, 4.69) is 40.9 Å². The Morgan fingerprint density at radius 3 is 2.83 bits per heavy atom. The first kappa shape index (κ1) is 15.9. The molecule has 0 radical (unpaired) electrons. The summed E-state index contributed by atoms with van der Waals surface area (Å²) in [5.41, 5.74) is 2.70. The zero-order valence-electron chi connectivity index (χ0n) is 14.5. The standard InChI is InChI=1S/C20H26N2OS/c1-21-12-7-10-16(21)17-9-3-2-6-13-22(17)20(23)19-14-15-8-4-5-11-18(15)24-19/h7,10,12,14,17H,2-6,8-9,11,13H2,1H3. The zero-order chi connectivity index (χ0) is 16.5. The highest BCUT2D eigenvalue weighted by Crippen LogP contribution is 2.35. The summed E-state index contributed by atoms with van der Waals surface area (Å²) in [4.78, 5) is 17.9. The summed E-state index contributed by atoms with van der Waals surface area (Å²) >= 11 is 1.75. The van der Waals surface area contributed by atoms with Gasteiger partial charge in [0.05, 0.1) is 10.9 Å². The fraction of sp³-hybridized carbons (Fsp3) is 0.550. The number of hydrogen-bond donors (Lipinski definition) is 0. The summed E-state index contributed by atoms with van der Waals surface area (Å²) in [6.45, 7) is 0.886. The molecule has 2 aromatic rings. The number of rotatable bonds is 2. The first-order valence-corrected chi connectivity index (χ1v) is 10.1. The van der Waals surface area contributed by atoms with Gasteiger partial charge in [0.15, 0.2) is 0 Å². The second kappa shape index (κ2) is 6.75. The lowest BCUT2D eigenvalue weighted by Gasteiger charge is -2.30. The molecule has 1 aliphatic carbocycles. The van der Waals surface area contributed by atoms with E-state index in [4.69, 9.17) is 0 Å². The molecule has 24 heavy (non-hydrogen) atoms. The molecule has 4 rings (SSSR count). The minimum Gasteiger partial charge on any atom is -0.353 e. The second-order valence-corrected chi connectivity index (χ2v) is 8.31. The molecule has 2 aliphatic rings. The van der Waals surface area contributed by atoms with Crippen molar-refractivity contribution in [2.75, 3.05) is 6.54 Å². The lowest BCUT2D eigenvalue weighted by atomic mass is 9.99. The van der Waals surface area contributed by atoms with Gasteiger partial charge in [-0.15, -0.1) is 11.3 Å². The second-order valence-electron chi connectivity index (χ2n) is 7.17. The number of carbonyl (C=O) groups is 1. The third-order valence-corrected chi connectivity index (χ3v) is 6.77. The third kappa shape index (κ3) is 2.92. The van der Waals surface area contributed by atoms with Crippen molar-refractivity contribution in [3.8, 4) is 0 Å². The van der Waals surface area contributed by atoms with Crippen LogP contribution in [0.1, 0.15) is 70.4 Å². The molecule has 0 bridgehead atoms. The molecule has 0 saturated carbocycles. The molecule has 0 N–H and O–H groups in total. The van der Waals surface area contributed by atoms with Crippen LogP contribution in [0.15, 0.2) is 24.4 Å². The van der Waals surface area contributed by atoms with E-state index in [0.29, 0.717) is 0 Å².